The Labute approximate surface area is 139 Å². The second-order valence-corrected chi connectivity index (χ2v) is 5.72. The average Bonchev–Trinajstić information content (AvgIpc) is 2.95. The summed E-state index contributed by atoms with van der Waals surface area (Å²) in [5, 5.41) is 0. The Bertz CT molecular complexity index is 1010. The van der Waals surface area contributed by atoms with Gasteiger partial charge in [-0.3, -0.25) is 9.97 Å². The van der Waals surface area contributed by atoms with E-state index >= 15 is 0 Å². The molecule has 118 valence electrons. The molecular weight excluding hydrogens is 301 g/mol. The number of alkyl halides is 1. The summed E-state index contributed by atoms with van der Waals surface area (Å²) in [5.74, 6) is 0. The minimum atomic E-state index is -0.476. The number of nitrogens with zero attached hydrogens (tertiary/aromatic N) is 3. The van der Waals surface area contributed by atoms with Crippen LogP contribution in [0.2, 0.25) is 0 Å². The Morgan fingerprint density at radius 1 is 0.958 bits per heavy atom. The van der Waals surface area contributed by atoms with Gasteiger partial charge >= 0.3 is 0 Å². The number of benzene rings is 1. The molecule has 0 radical (unpaired) electrons. The topological polar surface area (TPSA) is 30.7 Å². The van der Waals surface area contributed by atoms with Crippen LogP contribution in [0.1, 0.15) is 5.56 Å². The Morgan fingerprint density at radius 2 is 1.79 bits per heavy atom. The Hall–Kier alpha value is -3.01. The number of rotatable bonds is 3. The summed E-state index contributed by atoms with van der Waals surface area (Å²) in [7, 11) is 2.03. The minimum Gasteiger partial charge on any atom is -0.342 e. The molecule has 3 nitrogen and oxygen atoms in total. The highest BCUT2D eigenvalue weighted by Crippen LogP contribution is 2.39. The number of aryl methyl sites for hydroxylation is 1. The number of hydrogen-bond acceptors (Lipinski definition) is 2. The van der Waals surface area contributed by atoms with E-state index in [0.717, 1.165) is 33.4 Å². The normalized spacial score (nSPS) is 11.1. The molecular formula is C20H16FN3. The fourth-order valence-corrected chi connectivity index (χ4v) is 3.19. The maximum Gasteiger partial charge on any atom is 0.115 e. The van der Waals surface area contributed by atoms with E-state index in [2.05, 4.69) is 20.6 Å². The van der Waals surface area contributed by atoms with Crippen LogP contribution >= 0.6 is 0 Å². The summed E-state index contributed by atoms with van der Waals surface area (Å²) in [5.41, 5.74) is 6.75. The second-order valence-electron chi connectivity index (χ2n) is 5.72. The van der Waals surface area contributed by atoms with Crippen LogP contribution in [0.3, 0.4) is 0 Å². The summed E-state index contributed by atoms with van der Waals surface area (Å²) in [6.45, 7) is -0.476. The van der Waals surface area contributed by atoms with Gasteiger partial charge in [0.05, 0.1) is 16.7 Å². The number of aromatic nitrogens is 3. The molecule has 0 spiro atoms. The largest absolute Gasteiger partial charge is 0.342 e. The van der Waals surface area contributed by atoms with Crippen molar-refractivity contribution in [3.8, 4) is 22.4 Å². The first-order chi connectivity index (χ1) is 11.8. The first-order valence-corrected chi connectivity index (χ1v) is 7.78. The van der Waals surface area contributed by atoms with Crippen LogP contribution < -0.4 is 0 Å². The van der Waals surface area contributed by atoms with Crippen LogP contribution in [-0.4, -0.2) is 14.5 Å². The zero-order valence-electron chi connectivity index (χ0n) is 13.3. The predicted molar refractivity (Wildman–Crippen MR) is 94.2 cm³/mol. The number of fused-ring (bicyclic) bond motifs is 1. The second kappa shape index (κ2) is 5.89. The molecule has 3 heterocycles. The third-order valence-electron chi connectivity index (χ3n) is 4.28. The van der Waals surface area contributed by atoms with Crippen LogP contribution in [0.5, 0.6) is 0 Å². The van der Waals surface area contributed by atoms with Crippen molar-refractivity contribution < 1.29 is 4.39 Å². The van der Waals surface area contributed by atoms with Crippen molar-refractivity contribution in [1.82, 2.24) is 14.5 Å². The Morgan fingerprint density at radius 3 is 2.58 bits per heavy atom. The van der Waals surface area contributed by atoms with Crippen molar-refractivity contribution in [3.63, 3.8) is 0 Å². The van der Waals surface area contributed by atoms with Crippen LogP contribution in [0.15, 0.2) is 67.1 Å². The fourth-order valence-electron chi connectivity index (χ4n) is 3.19. The van der Waals surface area contributed by atoms with Gasteiger partial charge in [0.25, 0.3) is 0 Å². The average molecular weight is 317 g/mol. The van der Waals surface area contributed by atoms with Crippen LogP contribution in [0, 0.1) is 0 Å². The molecule has 0 aliphatic carbocycles. The molecule has 0 saturated carbocycles. The van der Waals surface area contributed by atoms with Gasteiger partial charge in [0, 0.05) is 36.8 Å². The van der Waals surface area contributed by atoms with Gasteiger partial charge in [0.15, 0.2) is 0 Å². The smallest absolute Gasteiger partial charge is 0.115 e. The van der Waals surface area contributed by atoms with Gasteiger partial charge < -0.3 is 4.57 Å². The first-order valence-electron chi connectivity index (χ1n) is 7.78. The maximum absolute atomic E-state index is 13.1. The lowest BCUT2D eigenvalue weighted by Crippen LogP contribution is -1.93. The van der Waals surface area contributed by atoms with Gasteiger partial charge in [-0.25, -0.2) is 4.39 Å². The summed E-state index contributed by atoms with van der Waals surface area (Å²) in [6, 6.07) is 15.5. The van der Waals surface area contributed by atoms with Crippen LogP contribution in [0.4, 0.5) is 4.39 Å². The molecule has 0 amide bonds. The van der Waals surface area contributed by atoms with E-state index in [1.54, 1.807) is 24.7 Å². The molecule has 0 bridgehead atoms. The molecule has 0 fully saturated rings. The molecule has 0 unspecified atom stereocenters. The van der Waals surface area contributed by atoms with Gasteiger partial charge in [0.1, 0.15) is 6.67 Å². The summed E-state index contributed by atoms with van der Waals surface area (Å²) >= 11 is 0. The zero-order valence-corrected chi connectivity index (χ0v) is 13.3. The van der Waals surface area contributed by atoms with Crippen molar-refractivity contribution in [2.45, 2.75) is 6.67 Å². The van der Waals surface area contributed by atoms with E-state index in [0.29, 0.717) is 5.56 Å². The third kappa shape index (κ3) is 2.27. The number of halogens is 1. The quantitative estimate of drug-likeness (QED) is 0.545. The van der Waals surface area contributed by atoms with Gasteiger partial charge in [-0.2, -0.15) is 0 Å². The molecule has 3 aromatic heterocycles. The molecule has 0 aliphatic rings. The first kappa shape index (κ1) is 14.6. The predicted octanol–water partition coefficient (Wildman–Crippen LogP) is 4.77. The Balaban J connectivity index is 2.09. The van der Waals surface area contributed by atoms with Crippen molar-refractivity contribution >= 4 is 11.0 Å². The Kier molecular flexibility index (Phi) is 3.58. The maximum atomic E-state index is 13.1. The molecule has 0 aliphatic heterocycles. The number of pyridine rings is 2. The van der Waals surface area contributed by atoms with Gasteiger partial charge in [0.2, 0.25) is 0 Å². The lowest BCUT2D eigenvalue weighted by molar-refractivity contribution is 0.485. The molecule has 0 saturated heterocycles. The zero-order chi connectivity index (χ0) is 16.5. The molecule has 4 heteroatoms. The summed E-state index contributed by atoms with van der Waals surface area (Å²) in [4.78, 5) is 8.70. The monoisotopic (exact) mass is 317 g/mol. The number of hydrogen-bond donors (Lipinski definition) is 0. The molecule has 0 atom stereocenters. The van der Waals surface area contributed by atoms with Gasteiger partial charge in [-0.1, -0.05) is 18.2 Å². The lowest BCUT2D eigenvalue weighted by Gasteiger charge is -2.09. The summed E-state index contributed by atoms with van der Waals surface area (Å²) in [6.07, 6.45) is 5.35. The van der Waals surface area contributed by atoms with Crippen molar-refractivity contribution in [2.75, 3.05) is 0 Å². The third-order valence-corrected chi connectivity index (χ3v) is 4.28. The van der Waals surface area contributed by atoms with Gasteiger partial charge in [-0.15, -0.1) is 0 Å². The van der Waals surface area contributed by atoms with Crippen LogP contribution in [0.25, 0.3) is 33.4 Å². The van der Waals surface area contributed by atoms with E-state index < -0.39 is 6.67 Å². The highest BCUT2D eigenvalue weighted by molar-refractivity contribution is 6.02. The minimum absolute atomic E-state index is 0.476. The van der Waals surface area contributed by atoms with Crippen molar-refractivity contribution in [3.05, 3.63) is 72.7 Å². The molecule has 24 heavy (non-hydrogen) atoms. The highest BCUT2D eigenvalue weighted by Gasteiger charge is 2.19. The van der Waals surface area contributed by atoms with E-state index in [4.69, 9.17) is 0 Å². The van der Waals surface area contributed by atoms with E-state index in [-0.39, 0.29) is 0 Å². The highest BCUT2D eigenvalue weighted by atomic mass is 19.1. The van der Waals surface area contributed by atoms with E-state index in [9.17, 15) is 4.39 Å². The molecule has 4 rings (SSSR count). The van der Waals surface area contributed by atoms with E-state index in [1.165, 1.54) is 0 Å². The summed E-state index contributed by atoms with van der Waals surface area (Å²) < 4.78 is 15.3. The van der Waals surface area contributed by atoms with Crippen molar-refractivity contribution in [2.24, 2.45) is 7.05 Å². The fraction of sp³-hybridized carbons (Fsp3) is 0.100. The molecule has 4 aromatic rings. The lowest BCUT2D eigenvalue weighted by atomic mass is 9.99. The van der Waals surface area contributed by atoms with Crippen LogP contribution in [-0.2, 0) is 13.7 Å². The SMILES string of the molecule is Cn1c(-c2ccncc2)c(-c2cccc(CF)c2)c2ncccc21. The van der Waals surface area contributed by atoms with E-state index in [1.807, 2.05) is 43.4 Å². The van der Waals surface area contributed by atoms with Gasteiger partial charge in [-0.05, 0) is 41.5 Å². The molecule has 1 aromatic carbocycles. The standard InChI is InChI=1S/C20H16FN3/c1-24-17-6-3-9-23-19(17)18(16-5-2-4-14(12-16)13-21)20(24)15-7-10-22-11-8-15/h2-12H,13H2,1H3. The molecule has 0 N–H and O–H groups in total. The van der Waals surface area contributed by atoms with Crippen molar-refractivity contribution in [1.29, 1.82) is 0 Å².